The van der Waals surface area contributed by atoms with Crippen molar-refractivity contribution in [1.82, 2.24) is 0 Å². The van der Waals surface area contributed by atoms with Crippen molar-refractivity contribution < 1.29 is 19.4 Å². The van der Waals surface area contributed by atoms with Crippen LogP contribution in [0.4, 0.5) is 0 Å². The highest BCUT2D eigenvalue weighted by atomic mass is 16.6. The van der Waals surface area contributed by atoms with Crippen LogP contribution in [0.5, 0.6) is 11.5 Å². The van der Waals surface area contributed by atoms with Gasteiger partial charge in [0.15, 0.2) is 11.5 Å². The van der Waals surface area contributed by atoms with Gasteiger partial charge in [-0.15, -0.1) is 0 Å². The summed E-state index contributed by atoms with van der Waals surface area (Å²) in [6.07, 6.45) is 17.4. The Bertz CT molecular complexity index is 1350. The lowest BCUT2D eigenvalue weighted by Crippen LogP contribution is -2.61. The SMILES string of the molecule is C=CC(=O)O[C@@]1(c2ccc(O)c(OC)c2)CC[C@]23C[C@]24CC[C@]2(C)[C@@H]([C@H](C)CCC=C(C)C)CC[C@@]2(C)[C@@H]4CC[C@H]3C1(C)C. The van der Waals surface area contributed by atoms with Crippen molar-refractivity contribution >= 4 is 5.97 Å². The molecule has 0 aromatic heterocycles. The molecule has 0 unspecified atom stereocenters. The molecule has 1 aromatic carbocycles. The Balaban J connectivity index is 1.33. The molecule has 0 saturated heterocycles. The van der Waals surface area contributed by atoms with Gasteiger partial charge in [-0.25, -0.2) is 4.79 Å². The highest BCUT2D eigenvalue weighted by molar-refractivity contribution is 5.82. The fraction of sp³-hybridized carbons (Fsp3) is 0.725. The lowest BCUT2D eigenvalue weighted by molar-refractivity contribution is -0.219. The molecule has 5 saturated carbocycles. The fourth-order valence-corrected chi connectivity index (χ4v) is 13.0. The van der Waals surface area contributed by atoms with Gasteiger partial charge in [-0.05, 0) is 148 Å². The first-order valence-corrected chi connectivity index (χ1v) is 17.5. The first-order chi connectivity index (χ1) is 20.7. The molecule has 5 aliphatic carbocycles. The fourth-order valence-electron chi connectivity index (χ4n) is 13.0. The van der Waals surface area contributed by atoms with Crippen LogP contribution in [0.25, 0.3) is 0 Å². The highest BCUT2D eigenvalue weighted by Crippen LogP contribution is 2.90. The maximum atomic E-state index is 13.0. The largest absolute Gasteiger partial charge is 0.504 e. The summed E-state index contributed by atoms with van der Waals surface area (Å²) in [6.45, 7) is 20.9. The van der Waals surface area contributed by atoms with Crippen molar-refractivity contribution in [2.24, 2.45) is 50.7 Å². The van der Waals surface area contributed by atoms with E-state index in [-0.39, 0.29) is 17.1 Å². The summed E-state index contributed by atoms with van der Waals surface area (Å²) < 4.78 is 12.0. The van der Waals surface area contributed by atoms with Gasteiger partial charge in [-0.3, -0.25) is 0 Å². The summed E-state index contributed by atoms with van der Waals surface area (Å²) in [5.41, 5.74) is 2.82. The van der Waals surface area contributed by atoms with E-state index in [9.17, 15) is 9.90 Å². The lowest BCUT2D eigenvalue weighted by Gasteiger charge is -2.65. The minimum Gasteiger partial charge on any atom is -0.504 e. The normalized spacial score (nSPS) is 42.0. The second kappa shape index (κ2) is 10.4. The quantitative estimate of drug-likeness (QED) is 0.183. The van der Waals surface area contributed by atoms with Crippen LogP contribution in [0.3, 0.4) is 0 Å². The molecule has 2 spiro atoms. The second-order valence-electron chi connectivity index (χ2n) is 17.0. The standard InChI is InChI=1S/C40H58O4/c1-10-34(42)44-40(28-14-15-30(41)31(24-28)43-9)23-22-38-25-39(38)21-20-36(7)29(27(4)13-11-12-26(2)3)18-19-37(36,8)33(39)17-16-32(38)35(40,5)6/h10,12,14-15,24,27,29,32-33,41H,1,11,13,16-23,25H2,2-9H3/t27-,29-,32+,33+,36-,37+,38-,39+,40-/m1/s1. The minimum atomic E-state index is -0.807. The van der Waals surface area contributed by atoms with Crippen LogP contribution in [0.15, 0.2) is 42.5 Å². The summed E-state index contributed by atoms with van der Waals surface area (Å²) in [7, 11) is 1.58. The van der Waals surface area contributed by atoms with Crippen molar-refractivity contribution in [2.75, 3.05) is 7.11 Å². The number of aromatic hydroxyl groups is 1. The molecule has 4 nitrogen and oxygen atoms in total. The molecule has 0 aliphatic heterocycles. The molecule has 1 N–H and O–H groups in total. The Hall–Kier alpha value is -2.23. The molecule has 44 heavy (non-hydrogen) atoms. The molecule has 5 fully saturated rings. The van der Waals surface area contributed by atoms with Crippen LogP contribution in [-0.4, -0.2) is 18.2 Å². The number of esters is 1. The number of phenolic OH excluding ortho intramolecular Hbond substituents is 1. The van der Waals surface area contributed by atoms with E-state index in [1.807, 2.05) is 12.1 Å². The third kappa shape index (κ3) is 4.03. The van der Waals surface area contributed by atoms with Crippen LogP contribution in [0, 0.1) is 50.7 Å². The van der Waals surface area contributed by atoms with Gasteiger partial charge in [-0.1, -0.05) is 58.9 Å². The van der Waals surface area contributed by atoms with Crippen LogP contribution >= 0.6 is 0 Å². The Morgan fingerprint density at radius 1 is 1.00 bits per heavy atom. The number of rotatable bonds is 8. The molecule has 0 amide bonds. The van der Waals surface area contributed by atoms with E-state index in [0.29, 0.717) is 33.3 Å². The number of benzene rings is 1. The van der Waals surface area contributed by atoms with Gasteiger partial charge in [0.2, 0.25) is 0 Å². The zero-order chi connectivity index (χ0) is 31.9. The first kappa shape index (κ1) is 31.7. The summed E-state index contributed by atoms with van der Waals surface area (Å²) in [6, 6.07) is 5.52. The van der Waals surface area contributed by atoms with E-state index in [4.69, 9.17) is 9.47 Å². The van der Waals surface area contributed by atoms with E-state index in [2.05, 4.69) is 61.1 Å². The van der Waals surface area contributed by atoms with E-state index in [1.54, 1.807) is 13.2 Å². The lowest BCUT2D eigenvalue weighted by atomic mass is 9.40. The number of carbonyl (C=O) groups is 1. The summed E-state index contributed by atoms with van der Waals surface area (Å²) in [5.74, 6) is 2.99. The monoisotopic (exact) mass is 602 g/mol. The second-order valence-corrected chi connectivity index (χ2v) is 17.0. The minimum absolute atomic E-state index is 0.104. The van der Waals surface area contributed by atoms with E-state index < -0.39 is 5.60 Å². The van der Waals surface area contributed by atoms with Gasteiger partial charge < -0.3 is 14.6 Å². The summed E-state index contributed by atoms with van der Waals surface area (Å²) in [5, 5.41) is 10.4. The van der Waals surface area contributed by atoms with Crippen LogP contribution in [-0.2, 0) is 15.1 Å². The third-order valence-electron chi connectivity index (χ3n) is 15.3. The molecule has 5 aliphatic rings. The molecule has 9 atom stereocenters. The number of allylic oxidation sites excluding steroid dienone is 2. The van der Waals surface area contributed by atoms with E-state index >= 15 is 0 Å². The van der Waals surface area contributed by atoms with Gasteiger partial charge in [0.25, 0.3) is 0 Å². The Morgan fingerprint density at radius 3 is 2.36 bits per heavy atom. The number of hydrogen-bond donors (Lipinski definition) is 1. The average Bonchev–Trinajstić information content (AvgIpc) is 3.56. The van der Waals surface area contributed by atoms with E-state index in [1.165, 1.54) is 69.4 Å². The first-order valence-electron chi connectivity index (χ1n) is 17.5. The van der Waals surface area contributed by atoms with Gasteiger partial charge in [0, 0.05) is 11.5 Å². The molecule has 242 valence electrons. The zero-order valence-electron chi connectivity index (χ0n) is 28.9. The average molecular weight is 603 g/mol. The number of hydrogen-bond acceptors (Lipinski definition) is 4. The molecule has 0 heterocycles. The van der Waals surface area contributed by atoms with Crippen molar-refractivity contribution in [2.45, 2.75) is 125 Å². The smallest absolute Gasteiger partial charge is 0.331 e. The highest BCUT2D eigenvalue weighted by Gasteiger charge is 2.83. The van der Waals surface area contributed by atoms with Gasteiger partial charge in [0.1, 0.15) is 5.60 Å². The van der Waals surface area contributed by atoms with Crippen LogP contribution < -0.4 is 4.74 Å². The molecule has 4 heteroatoms. The van der Waals surface area contributed by atoms with Gasteiger partial charge in [-0.2, -0.15) is 0 Å². The van der Waals surface area contributed by atoms with E-state index in [0.717, 1.165) is 36.2 Å². The predicted octanol–water partition coefficient (Wildman–Crippen LogP) is 10.1. The number of ether oxygens (including phenoxy) is 2. The Labute approximate surface area is 267 Å². The van der Waals surface area contributed by atoms with Gasteiger partial charge >= 0.3 is 5.97 Å². The summed E-state index contributed by atoms with van der Waals surface area (Å²) in [4.78, 5) is 13.0. The third-order valence-corrected chi connectivity index (χ3v) is 15.3. The molecule has 1 aromatic rings. The Morgan fingerprint density at radius 2 is 1.68 bits per heavy atom. The van der Waals surface area contributed by atoms with Gasteiger partial charge in [0.05, 0.1) is 7.11 Å². The van der Waals surface area contributed by atoms with Crippen molar-refractivity contribution in [3.05, 3.63) is 48.1 Å². The summed E-state index contributed by atoms with van der Waals surface area (Å²) >= 11 is 0. The maximum absolute atomic E-state index is 13.0. The predicted molar refractivity (Wildman–Crippen MR) is 177 cm³/mol. The molecule has 0 bridgehead atoms. The number of fused-ring (bicyclic) bond motifs is 2. The topological polar surface area (TPSA) is 55.8 Å². The van der Waals surface area contributed by atoms with Crippen molar-refractivity contribution in [3.63, 3.8) is 0 Å². The zero-order valence-corrected chi connectivity index (χ0v) is 28.9. The molecular formula is C40H58O4. The van der Waals surface area contributed by atoms with Crippen molar-refractivity contribution in [3.8, 4) is 11.5 Å². The molecular weight excluding hydrogens is 544 g/mol. The number of methoxy groups -OCH3 is 1. The molecule has 0 radical (unpaired) electrons. The Kier molecular flexibility index (Phi) is 7.50. The number of phenols is 1. The molecule has 6 rings (SSSR count). The van der Waals surface area contributed by atoms with Crippen LogP contribution in [0.2, 0.25) is 0 Å². The number of carbonyl (C=O) groups excluding carboxylic acids is 1. The van der Waals surface area contributed by atoms with Crippen LogP contribution in [0.1, 0.15) is 125 Å². The van der Waals surface area contributed by atoms with Crippen molar-refractivity contribution in [1.29, 1.82) is 0 Å². The maximum Gasteiger partial charge on any atom is 0.331 e.